The molecule has 0 atom stereocenters. The van der Waals surface area contributed by atoms with E-state index in [1.165, 1.54) is 6.33 Å². The van der Waals surface area contributed by atoms with Gasteiger partial charge in [-0.2, -0.15) is 0 Å². The topological polar surface area (TPSA) is 42.9 Å². The van der Waals surface area contributed by atoms with Crippen molar-refractivity contribution in [1.82, 2.24) is 9.97 Å². The van der Waals surface area contributed by atoms with Crippen LogP contribution in [-0.4, -0.2) is 15.8 Å². The summed E-state index contributed by atoms with van der Waals surface area (Å²) in [5, 5.41) is 0.939. The van der Waals surface area contributed by atoms with Gasteiger partial charge in [0.1, 0.15) is 6.33 Å². The van der Waals surface area contributed by atoms with Crippen LogP contribution in [0.5, 0.6) is 0 Å². The maximum Gasteiger partial charge on any atom is 0.168 e. The third kappa shape index (κ3) is 2.36. The molecule has 2 aromatic carbocycles. The molecule has 0 fully saturated rings. The molecular formula is C16H12N2O. The maximum absolute atomic E-state index is 12.2. The zero-order valence-corrected chi connectivity index (χ0v) is 10.3. The molecule has 0 saturated heterocycles. The minimum Gasteiger partial charge on any atom is -0.294 e. The molecule has 3 aromatic rings. The number of Topliss-reactive ketones (excluding diaryl/α,β-unsaturated/α-hetero) is 1. The van der Waals surface area contributed by atoms with Crippen molar-refractivity contribution in [3.05, 3.63) is 72.2 Å². The maximum atomic E-state index is 12.2. The molecule has 1 aromatic heterocycles. The predicted octanol–water partition coefficient (Wildman–Crippen LogP) is 3.06. The molecule has 3 nitrogen and oxygen atoms in total. The number of para-hydroxylation sites is 1. The van der Waals surface area contributed by atoms with Crippen LogP contribution < -0.4 is 0 Å². The highest BCUT2D eigenvalue weighted by atomic mass is 16.1. The lowest BCUT2D eigenvalue weighted by Crippen LogP contribution is -2.05. The summed E-state index contributed by atoms with van der Waals surface area (Å²) in [6, 6.07) is 17.0. The Morgan fingerprint density at radius 3 is 2.47 bits per heavy atom. The molecule has 0 amide bonds. The number of hydrogen-bond donors (Lipinski definition) is 0. The summed E-state index contributed by atoms with van der Waals surface area (Å²) in [6.45, 7) is 0. The molecule has 92 valence electrons. The van der Waals surface area contributed by atoms with Gasteiger partial charge in [0.15, 0.2) is 5.78 Å². The number of carbonyl (C=O) groups is 1. The number of nitrogens with zero attached hydrogens (tertiary/aromatic N) is 2. The van der Waals surface area contributed by atoms with Crippen molar-refractivity contribution in [1.29, 1.82) is 0 Å². The van der Waals surface area contributed by atoms with Gasteiger partial charge >= 0.3 is 0 Å². The first-order valence-electron chi connectivity index (χ1n) is 6.11. The van der Waals surface area contributed by atoms with E-state index >= 15 is 0 Å². The fourth-order valence-electron chi connectivity index (χ4n) is 2.08. The number of hydrogen-bond acceptors (Lipinski definition) is 3. The number of ketones is 1. The fraction of sp³-hybridized carbons (Fsp3) is 0.0625. The molecule has 19 heavy (non-hydrogen) atoms. The molecule has 1 heterocycles. The zero-order valence-electron chi connectivity index (χ0n) is 10.3. The number of rotatable bonds is 3. The van der Waals surface area contributed by atoms with E-state index in [0.29, 0.717) is 12.0 Å². The number of benzene rings is 2. The third-order valence-corrected chi connectivity index (χ3v) is 3.05. The average Bonchev–Trinajstić information content (AvgIpc) is 2.48. The molecule has 3 heteroatoms. The standard InChI is InChI=1S/C16H12N2O/c19-16(12-6-2-1-3-7-12)10-15-13-8-4-5-9-14(13)17-11-18-15/h1-9,11H,10H2. The van der Waals surface area contributed by atoms with E-state index < -0.39 is 0 Å². The molecule has 0 aliphatic rings. The van der Waals surface area contributed by atoms with Crippen molar-refractivity contribution in [2.75, 3.05) is 0 Å². The van der Waals surface area contributed by atoms with Crippen LogP contribution in [0.25, 0.3) is 10.9 Å². The molecule has 0 aliphatic heterocycles. The Kier molecular flexibility index (Phi) is 3.02. The Balaban J connectivity index is 1.96. The van der Waals surface area contributed by atoms with Gasteiger partial charge in [0.2, 0.25) is 0 Å². The number of carbonyl (C=O) groups excluding carboxylic acids is 1. The van der Waals surface area contributed by atoms with Crippen molar-refractivity contribution in [2.45, 2.75) is 6.42 Å². The van der Waals surface area contributed by atoms with Crippen LogP contribution in [0.15, 0.2) is 60.9 Å². The first kappa shape index (κ1) is 11.5. The van der Waals surface area contributed by atoms with E-state index in [4.69, 9.17) is 0 Å². The van der Waals surface area contributed by atoms with E-state index in [-0.39, 0.29) is 5.78 Å². The van der Waals surface area contributed by atoms with Crippen LogP contribution in [0.3, 0.4) is 0 Å². The zero-order chi connectivity index (χ0) is 13.1. The smallest absolute Gasteiger partial charge is 0.168 e. The van der Waals surface area contributed by atoms with Crippen molar-refractivity contribution in [3.63, 3.8) is 0 Å². The summed E-state index contributed by atoms with van der Waals surface area (Å²) < 4.78 is 0. The van der Waals surface area contributed by atoms with Gasteiger partial charge in [0.05, 0.1) is 17.6 Å². The number of fused-ring (bicyclic) bond motifs is 1. The third-order valence-electron chi connectivity index (χ3n) is 3.05. The van der Waals surface area contributed by atoms with E-state index in [0.717, 1.165) is 16.6 Å². The largest absolute Gasteiger partial charge is 0.294 e. The molecular weight excluding hydrogens is 236 g/mol. The second-order valence-corrected chi connectivity index (χ2v) is 4.30. The Hall–Kier alpha value is -2.55. The molecule has 3 rings (SSSR count). The van der Waals surface area contributed by atoms with E-state index in [9.17, 15) is 4.79 Å². The minimum atomic E-state index is 0.0736. The lowest BCUT2D eigenvalue weighted by atomic mass is 10.0. The van der Waals surface area contributed by atoms with Crippen molar-refractivity contribution < 1.29 is 4.79 Å². The van der Waals surface area contributed by atoms with Gasteiger partial charge < -0.3 is 0 Å². The van der Waals surface area contributed by atoms with Crippen LogP contribution in [0.1, 0.15) is 16.1 Å². The van der Waals surface area contributed by atoms with Crippen molar-refractivity contribution in [2.24, 2.45) is 0 Å². The molecule has 0 aliphatic carbocycles. The normalized spacial score (nSPS) is 10.5. The summed E-state index contributed by atoms with van der Waals surface area (Å²) in [7, 11) is 0. The van der Waals surface area contributed by atoms with Gasteiger partial charge in [-0.15, -0.1) is 0 Å². The van der Waals surface area contributed by atoms with Gasteiger partial charge in [0.25, 0.3) is 0 Å². The van der Waals surface area contributed by atoms with Crippen LogP contribution in [0.2, 0.25) is 0 Å². The minimum absolute atomic E-state index is 0.0736. The highest BCUT2D eigenvalue weighted by Gasteiger charge is 2.10. The predicted molar refractivity (Wildman–Crippen MR) is 74.0 cm³/mol. The van der Waals surface area contributed by atoms with Crippen LogP contribution in [-0.2, 0) is 6.42 Å². The summed E-state index contributed by atoms with van der Waals surface area (Å²) in [4.78, 5) is 20.6. The second kappa shape index (κ2) is 4.98. The van der Waals surface area contributed by atoms with E-state index in [1.54, 1.807) is 0 Å². The Morgan fingerprint density at radius 2 is 1.63 bits per heavy atom. The molecule has 0 bridgehead atoms. The second-order valence-electron chi connectivity index (χ2n) is 4.30. The first-order valence-corrected chi connectivity index (χ1v) is 6.11. The van der Waals surface area contributed by atoms with Crippen LogP contribution in [0, 0.1) is 0 Å². The Bertz CT molecular complexity index is 718. The molecule has 0 unspecified atom stereocenters. The molecule has 0 spiro atoms. The summed E-state index contributed by atoms with van der Waals surface area (Å²) in [6.07, 6.45) is 1.81. The van der Waals surface area contributed by atoms with Crippen molar-refractivity contribution >= 4 is 16.7 Å². The highest BCUT2D eigenvalue weighted by Crippen LogP contribution is 2.16. The lowest BCUT2D eigenvalue weighted by Gasteiger charge is -2.04. The van der Waals surface area contributed by atoms with Gasteiger partial charge in [0, 0.05) is 10.9 Å². The number of aromatic nitrogens is 2. The first-order chi connectivity index (χ1) is 9.34. The Labute approximate surface area is 111 Å². The Morgan fingerprint density at radius 1 is 0.895 bits per heavy atom. The monoisotopic (exact) mass is 248 g/mol. The quantitative estimate of drug-likeness (QED) is 0.669. The summed E-state index contributed by atoms with van der Waals surface area (Å²) in [5.41, 5.74) is 2.36. The van der Waals surface area contributed by atoms with Crippen LogP contribution in [0.4, 0.5) is 0 Å². The molecule has 0 radical (unpaired) electrons. The fourth-order valence-corrected chi connectivity index (χ4v) is 2.08. The SMILES string of the molecule is O=C(Cc1ncnc2ccccc12)c1ccccc1. The summed E-state index contributed by atoms with van der Waals surface area (Å²) in [5.74, 6) is 0.0736. The molecule has 0 saturated carbocycles. The highest BCUT2D eigenvalue weighted by molar-refractivity contribution is 5.99. The lowest BCUT2D eigenvalue weighted by molar-refractivity contribution is 0.0992. The van der Waals surface area contributed by atoms with Crippen LogP contribution >= 0.6 is 0 Å². The summed E-state index contributed by atoms with van der Waals surface area (Å²) >= 11 is 0. The van der Waals surface area contributed by atoms with Gasteiger partial charge in [-0.3, -0.25) is 4.79 Å². The van der Waals surface area contributed by atoms with Gasteiger partial charge in [-0.05, 0) is 6.07 Å². The van der Waals surface area contributed by atoms with Crippen molar-refractivity contribution in [3.8, 4) is 0 Å². The van der Waals surface area contributed by atoms with E-state index in [2.05, 4.69) is 9.97 Å². The van der Waals surface area contributed by atoms with Gasteiger partial charge in [-0.1, -0.05) is 48.5 Å². The molecule has 0 N–H and O–H groups in total. The van der Waals surface area contributed by atoms with E-state index in [1.807, 2.05) is 54.6 Å². The average molecular weight is 248 g/mol. The van der Waals surface area contributed by atoms with Gasteiger partial charge in [-0.25, -0.2) is 9.97 Å².